The van der Waals surface area contributed by atoms with Gasteiger partial charge in [-0.3, -0.25) is 9.59 Å². The van der Waals surface area contributed by atoms with Crippen LogP contribution in [-0.4, -0.2) is 24.1 Å². The number of thiophene rings is 1. The molecule has 0 aliphatic rings. The molecule has 2 aromatic rings. The van der Waals surface area contributed by atoms with Crippen molar-refractivity contribution in [3.8, 4) is 5.75 Å². The third-order valence-electron chi connectivity index (χ3n) is 2.92. The van der Waals surface area contributed by atoms with Crippen molar-refractivity contribution in [2.45, 2.75) is 13.3 Å². The third kappa shape index (κ3) is 5.55. The van der Waals surface area contributed by atoms with Gasteiger partial charge >= 0.3 is 0 Å². The van der Waals surface area contributed by atoms with E-state index in [2.05, 4.69) is 10.5 Å². The van der Waals surface area contributed by atoms with Gasteiger partial charge in [0.15, 0.2) is 6.61 Å². The minimum absolute atomic E-state index is 0.159. The second-order valence-corrected chi connectivity index (χ2v) is 5.80. The number of nitrogens with two attached hydrogens (primary N) is 1. The maximum atomic E-state index is 11.8. The highest BCUT2D eigenvalue weighted by atomic mass is 32.1. The number of benzene rings is 1. The predicted octanol–water partition coefficient (Wildman–Crippen LogP) is 1.70. The summed E-state index contributed by atoms with van der Waals surface area (Å²) in [5, 5.41) is 6.02. The summed E-state index contributed by atoms with van der Waals surface area (Å²) in [4.78, 5) is 23.4. The summed E-state index contributed by atoms with van der Waals surface area (Å²) in [6, 6.07) is 10.8. The Balaban J connectivity index is 1.89. The number of hydrogen-bond acceptors (Lipinski definition) is 5. The molecule has 1 aromatic carbocycles. The summed E-state index contributed by atoms with van der Waals surface area (Å²) in [5.74, 6) is -0.143. The maximum Gasteiger partial charge on any atom is 0.255 e. The Morgan fingerprint density at radius 1 is 1.26 bits per heavy atom. The molecule has 0 bridgehead atoms. The quantitative estimate of drug-likeness (QED) is 0.597. The molecule has 1 aromatic heterocycles. The number of hydrazone groups is 1. The molecule has 0 atom stereocenters. The average molecular weight is 331 g/mol. The van der Waals surface area contributed by atoms with Gasteiger partial charge in [-0.1, -0.05) is 6.07 Å². The highest BCUT2D eigenvalue weighted by Crippen LogP contribution is 2.13. The van der Waals surface area contributed by atoms with Crippen LogP contribution in [0.4, 0.5) is 0 Å². The Kier molecular flexibility index (Phi) is 5.87. The first-order chi connectivity index (χ1) is 11.0. The molecular weight excluding hydrogens is 314 g/mol. The molecule has 23 heavy (non-hydrogen) atoms. The van der Waals surface area contributed by atoms with Crippen molar-refractivity contribution >= 4 is 28.9 Å². The molecule has 0 fully saturated rings. The number of nitrogens with one attached hydrogen (secondary N) is 1. The van der Waals surface area contributed by atoms with Crippen molar-refractivity contribution in [3.63, 3.8) is 0 Å². The van der Waals surface area contributed by atoms with Gasteiger partial charge in [0.25, 0.3) is 5.91 Å². The number of ether oxygens (including phenoxy) is 1. The van der Waals surface area contributed by atoms with Crippen LogP contribution in [0.1, 0.15) is 17.4 Å². The van der Waals surface area contributed by atoms with Gasteiger partial charge < -0.3 is 10.5 Å². The molecule has 2 amide bonds. The lowest BCUT2D eigenvalue weighted by atomic mass is 10.1. The van der Waals surface area contributed by atoms with E-state index in [0.29, 0.717) is 17.9 Å². The van der Waals surface area contributed by atoms with Crippen LogP contribution in [0.5, 0.6) is 5.75 Å². The number of carbonyl (C=O) groups is 2. The van der Waals surface area contributed by atoms with Gasteiger partial charge in [-0.2, -0.15) is 5.10 Å². The molecule has 2 rings (SSSR count). The minimum atomic E-state index is -0.528. The molecule has 0 spiro atoms. The van der Waals surface area contributed by atoms with E-state index < -0.39 is 5.91 Å². The highest BCUT2D eigenvalue weighted by molar-refractivity contribution is 7.10. The molecule has 3 N–H and O–H groups in total. The summed E-state index contributed by atoms with van der Waals surface area (Å²) in [5.41, 5.74) is 9.06. The number of carbonyl (C=O) groups excluding carboxylic acids is 2. The van der Waals surface area contributed by atoms with Crippen LogP contribution in [0.15, 0.2) is 46.9 Å². The summed E-state index contributed by atoms with van der Waals surface area (Å²) in [7, 11) is 0. The molecule has 7 heteroatoms. The van der Waals surface area contributed by atoms with E-state index in [1.165, 1.54) is 11.3 Å². The Hall–Kier alpha value is -2.67. The SMILES string of the molecule is C/C(=N/NC(=O)Cc1cccs1)c1ccc(OCC(N)=O)cc1. The monoisotopic (exact) mass is 331 g/mol. The molecule has 0 aliphatic heterocycles. The van der Waals surface area contributed by atoms with Crippen LogP contribution in [0.2, 0.25) is 0 Å². The lowest BCUT2D eigenvalue weighted by molar-refractivity contribution is -0.121. The summed E-state index contributed by atoms with van der Waals surface area (Å²) < 4.78 is 5.18. The summed E-state index contributed by atoms with van der Waals surface area (Å²) in [6.45, 7) is 1.63. The zero-order valence-corrected chi connectivity index (χ0v) is 13.4. The first kappa shape index (κ1) is 16.7. The fourth-order valence-corrected chi connectivity index (χ4v) is 2.47. The van der Waals surface area contributed by atoms with Crippen LogP contribution in [-0.2, 0) is 16.0 Å². The van der Waals surface area contributed by atoms with E-state index >= 15 is 0 Å². The summed E-state index contributed by atoms with van der Waals surface area (Å²) in [6.07, 6.45) is 0.314. The number of primary amides is 1. The molecular formula is C16H17N3O3S. The van der Waals surface area contributed by atoms with Crippen molar-refractivity contribution in [1.82, 2.24) is 5.43 Å². The zero-order valence-electron chi connectivity index (χ0n) is 12.6. The largest absolute Gasteiger partial charge is 0.484 e. The van der Waals surface area contributed by atoms with Crippen LogP contribution >= 0.6 is 11.3 Å². The Labute approximate surface area is 138 Å². The van der Waals surface area contributed by atoms with Gasteiger partial charge in [0, 0.05) is 4.88 Å². The first-order valence-electron chi connectivity index (χ1n) is 6.91. The Bertz CT molecular complexity index is 694. The molecule has 6 nitrogen and oxygen atoms in total. The maximum absolute atomic E-state index is 11.8. The fourth-order valence-electron chi connectivity index (χ4n) is 1.77. The van der Waals surface area contributed by atoms with E-state index in [4.69, 9.17) is 10.5 Å². The lowest BCUT2D eigenvalue weighted by Gasteiger charge is -2.06. The van der Waals surface area contributed by atoms with E-state index in [0.717, 1.165) is 10.4 Å². The van der Waals surface area contributed by atoms with Crippen LogP contribution < -0.4 is 15.9 Å². The molecule has 0 saturated heterocycles. The molecule has 120 valence electrons. The van der Waals surface area contributed by atoms with Crippen molar-refractivity contribution < 1.29 is 14.3 Å². The second-order valence-electron chi connectivity index (χ2n) is 4.77. The second kappa shape index (κ2) is 8.09. The van der Waals surface area contributed by atoms with Crippen molar-refractivity contribution in [3.05, 3.63) is 52.2 Å². The molecule has 0 aliphatic carbocycles. The smallest absolute Gasteiger partial charge is 0.255 e. The summed E-state index contributed by atoms with van der Waals surface area (Å²) >= 11 is 1.53. The number of nitrogens with zero attached hydrogens (tertiary/aromatic N) is 1. The third-order valence-corrected chi connectivity index (χ3v) is 3.79. The van der Waals surface area contributed by atoms with Gasteiger partial charge in [-0.15, -0.1) is 11.3 Å². The minimum Gasteiger partial charge on any atom is -0.484 e. The molecule has 0 saturated carbocycles. The van der Waals surface area contributed by atoms with Crippen molar-refractivity contribution in [2.24, 2.45) is 10.8 Å². The number of hydrogen-bond donors (Lipinski definition) is 2. The van der Waals surface area contributed by atoms with Crippen molar-refractivity contribution in [1.29, 1.82) is 0 Å². The Morgan fingerprint density at radius 3 is 2.61 bits per heavy atom. The topological polar surface area (TPSA) is 93.8 Å². The van der Waals surface area contributed by atoms with Gasteiger partial charge in [0.1, 0.15) is 5.75 Å². The normalized spacial score (nSPS) is 11.1. The van der Waals surface area contributed by atoms with Gasteiger partial charge in [0.05, 0.1) is 12.1 Å². The number of amides is 2. The van der Waals surface area contributed by atoms with E-state index in [-0.39, 0.29) is 12.5 Å². The molecule has 1 heterocycles. The lowest BCUT2D eigenvalue weighted by Crippen LogP contribution is -2.21. The fraction of sp³-hybridized carbons (Fsp3) is 0.188. The predicted molar refractivity (Wildman–Crippen MR) is 89.5 cm³/mol. The standard InChI is InChI=1S/C16H17N3O3S/c1-11(18-19-16(21)9-14-3-2-8-23-14)12-4-6-13(7-5-12)22-10-15(17)20/h2-8H,9-10H2,1H3,(H2,17,20)(H,19,21)/b18-11-. The van der Waals surface area contributed by atoms with E-state index in [9.17, 15) is 9.59 Å². The average Bonchev–Trinajstić information content (AvgIpc) is 3.04. The van der Waals surface area contributed by atoms with Crippen LogP contribution in [0.3, 0.4) is 0 Å². The van der Waals surface area contributed by atoms with E-state index in [1.54, 1.807) is 31.2 Å². The first-order valence-corrected chi connectivity index (χ1v) is 7.79. The Morgan fingerprint density at radius 2 is 2.00 bits per heavy atom. The highest BCUT2D eigenvalue weighted by Gasteiger charge is 2.04. The van der Waals surface area contributed by atoms with E-state index in [1.807, 2.05) is 17.5 Å². The van der Waals surface area contributed by atoms with Crippen LogP contribution in [0.25, 0.3) is 0 Å². The number of rotatable bonds is 7. The van der Waals surface area contributed by atoms with Crippen LogP contribution in [0, 0.1) is 0 Å². The zero-order chi connectivity index (χ0) is 16.7. The van der Waals surface area contributed by atoms with Gasteiger partial charge in [-0.05, 0) is 48.2 Å². The van der Waals surface area contributed by atoms with Gasteiger partial charge in [0.2, 0.25) is 5.91 Å². The molecule has 0 unspecified atom stereocenters. The van der Waals surface area contributed by atoms with Gasteiger partial charge in [-0.25, -0.2) is 5.43 Å². The van der Waals surface area contributed by atoms with Crippen molar-refractivity contribution in [2.75, 3.05) is 6.61 Å². The molecule has 0 radical (unpaired) electrons.